The normalized spacial score (nSPS) is 11.5. The van der Waals surface area contributed by atoms with Crippen LogP contribution in [0.2, 0.25) is 0 Å². The molecule has 4 N–H and O–H groups in total. The lowest BCUT2D eigenvalue weighted by atomic mass is 10.1. The molecule has 0 aromatic carbocycles. The van der Waals surface area contributed by atoms with Crippen LogP contribution in [0.25, 0.3) is 5.57 Å². The Balaban J connectivity index is 2.92. The zero-order chi connectivity index (χ0) is 11.3. The largest absolute Gasteiger partial charge is 0.388 e. The van der Waals surface area contributed by atoms with Gasteiger partial charge >= 0.3 is 0 Å². The number of rotatable bonds is 4. The van der Waals surface area contributed by atoms with Gasteiger partial charge in [0.2, 0.25) is 0 Å². The molecular weight excluding hydrogens is 188 g/mol. The van der Waals surface area contributed by atoms with E-state index in [-0.39, 0.29) is 0 Å². The van der Waals surface area contributed by atoms with Gasteiger partial charge in [0, 0.05) is 30.2 Å². The highest BCUT2D eigenvalue weighted by atomic mass is 14.9. The average molecular weight is 204 g/mol. The molecule has 0 radical (unpaired) electrons. The molecule has 1 rings (SSSR count). The lowest BCUT2D eigenvalue weighted by molar-refractivity contribution is 0.704. The molecule has 0 fully saturated rings. The molecule has 0 atom stereocenters. The first-order chi connectivity index (χ1) is 7.13. The fraction of sp³-hybridized carbons (Fsp3) is 0.273. The van der Waals surface area contributed by atoms with Crippen LogP contribution in [0.5, 0.6) is 0 Å². The molecular formula is C11H16N4. The molecule has 4 nitrogen and oxygen atoms in total. The van der Waals surface area contributed by atoms with Crippen molar-refractivity contribution in [1.82, 2.24) is 10.3 Å². The van der Waals surface area contributed by atoms with Gasteiger partial charge in [-0.25, -0.2) is 4.98 Å². The molecule has 0 amide bonds. The highest BCUT2D eigenvalue weighted by molar-refractivity contribution is 6.08. The predicted octanol–water partition coefficient (Wildman–Crippen LogP) is 1.65. The molecule has 15 heavy (non-hydrogen) atoms. The van der Waals surface area contributed by atoms with Gasteiger partial charge in [-0.15, -0.1) is 0 Å². The maximum absolute atomic E-state index is 7.32. The maximum atomic E-state index is 7.32. The fourth-order valence-electron chi connectivity index (χ4n) is 1.09. The van der Waals surface area contributed by atoms with Gasteiger partial charge in [-0.3, -0.25) is 0 Å². The van der Waals surface area contributed by atoms with E-state index >= 15 is 0 Å². The van der Waals surface area contributed by atoms with Crippen molar-refractivity contribution >= 4 is 17.6 Å². The van der Waals surface area contributed by atoms with Gasteiger partial charge < -0.3 is 16.5 Å². The molecule has 0 saturated heterocycles. The lowest BCUT2D eigenvalue weighted by Crippen LogP contribution is -2.16. The number of allylic oxidation sites excluding steroid dienone is 1. The van der Waals surface area contributed by atoms with Gasteiger partial charge in [0.05, 0.1) is 0 Å². The smallest absolute Gasteiger partial charge is 0.123 e. The number of nitrogens with zero attached hydrogens (tertiary/aromatic N) is 1. The standard InChI is InChI=1S/C11H16N4/c1-8(2)15-7-10(6-12)9-3-4-14-11(13)5-9/h3-8,12,15H,1-2H3,(H2,13,14)/b10-7+,12-6?. The van der Waals surface area contributed by atoms with Crippen molar-refractivity contribution in [3.8, 4) is 0 Å². The summed E-state index contributed by atoms with van der Waals surface area (Å²) in [5.41, 5.74) is 7.26. The van der Waals surface area contributed by atoms with Crippen molar-refractivity contribution in [2.75, 3.05) is 5.73 Å². The summed E-state index contributed by atoms with van der Waals surface area (Å²) >= 11 is 0. The summed E-state index contributed by atoms with van der Waals surface area (Å²) < 4.78 is 0. The molecule has 1 heterocycles. The molecule has 0 aliphatic carbocycles. The zero-order valence-electron chi connectivity index (χ0n) is 8.99. The Hall–Kier alpha value is -1.84. The molecule has 0 aliphatic rings. The van der Waals surface area contributed by atoms with E-state index in [9.17, 15) is 0 Å². The first-order valence-corrected chi connectivity index (χ1v) is 4.82. The quantitative estimate of drug-likeness (QED) is 0.653. The van der Waals surface area contributed by atoms with Crippen molar-refractivity contribution in [2.24, 2.45) is 0 Å². The van der Waals surface area contributed by atoms with Crippen molar-refractivity contribution in [3.63, 3.8) is 0 Å². The van der Waals surface area contributed by atoms with E-state index in [1.54, 1.807) is 12.3 Å². The average Bonchev–Trinajstić information content (AvgIpc) is 2.18. The summed E-state index contributed by atoms with van der Waals surface area (Å²) in [6, 6.07) is 3.92. The molecule has 1 aromatic rings. The first-order valence-electron chi connectivity index (χ1n) is 4.82. The topological polar surface area (TPSA) is 74.8 Å². The minimum Gasteiger partial charge on any atom is -0.388 e. The molecule has 0 unspecified atom stereocenters. The number of hydrogen-bond donors (Lipinski definition) is 3. The molecule has 80 valence electrons. The van der Waals surface area contributed by atoms with E-state index in [2.05, 4.69) is 10.3 Å². The number of nitrogens with two attached hydrogens (primary N) is 1. The highest BCUT2D eigenvalue weighted by Crippen LogP contribution is 2.12. The summed E-state index contributed by atoms with van der Waals surface area (Å²) in [5, 5.41) is 10.5. The molecule has 0 saturated carbocycles. The number of aromatic nitrogens is 1. The summed E-state index contributed by atoms with van der Waals surface area (Å²) in [4.78, 5) is 3.91. The highest BCUT2D eigenvalue weighted by Gasteiger charge is 1.99. The van der Waals surface area contributed by atoms with E-state index in [0.717, 1.165) is 11.1 Å². The lowest BCUT2D eigenvalue weighted by Gasteiger charge is -2.07. The SMILES string of the molecule is CC(C)N/C=C(\C=N)c1ccnc(N)c1. The first kappa shape index (κ1) is 11.2. The van der Waals surface area contributed by atoms with Crippen molar-refractivity contribution in [2.45, 2.75) is 19.9 Å². The molecule has 0 bridgehead atoms. The van der Waals surface area contributed by atoms with Crippen molar-refractivity contribution < 1.29 is 0 Å². The van der Waals surface area contributed by atoms with Crippen LogP contribution >= 0.6 is 0 Å². The van der Waals surface area contributed by atoms with Gasteiger partial charge in [0.1, 0.15) is 5.82 Å². The van der Waals surface area contributed by atoms with E-state index in [1.807, 2.05) is 26.1 Å². The van der Waals surface area contributed by atoms with Crippen molar-refractivity contribution in [3.05, 3.63) is 30.1 Å². The minimum atomic E-state index is 0.346. The van der Waals surface area contributed by atoms with Crippen LogP contribution in [0.15, 0.2) is 24.5 Å². The maximum Gasteiger partial charge on any atom is 0.123 e. The number of nitrogen functional groups attached to an aromatic ring is 1. The Kier molecular flexibility index (Phi) is 3.85. The van der Waals surface area contributed by atoms with Gasteiger partial charge in [-0.2, -0.15) is 0 Å². The third-order valence-corrected chi connectivity index (χ3v) is 1.84. The Morgan fingerprint density at radius 1 is 1.60 bits per heavy atom. The number of hydrogen-bond acceptors (Lipinski definition) is 4. The Morgan fingerprint density at radius 3 is 2.87 bits per heavy atom. The van der Waals surface area contributed by atoms with Crippen LogP contribution in [0.4, 0.5) is 5.82 Å². The number of pyridine rings is 1. The second kappa shape index (κ2) is 5.14. The van der Waals surface area contributed by atoms with E-state index in [4.69, 9.17) is 11.1 Å². The van der Waals surface area contributed by atoms with Gasteiger partial charge in [-0.1, -0.05) is 0 Å². The van der Waals surface area contributed by atoms with Crippen LogP contribution in [0, 0.1) is 5.41 Å². The third kappa shape index (κ3) is 3.42. The van der Waals surface area contributed by atoms with Crippen LogP contribution < -0.4 is 11.1 Å². The fourth-order valence-corrected chi connectivity index (χ4v) is 1.09. The molecule has 0 spiro atoms. The number of nitrogens with one attached hydrogen (secondary N) is 2. The Labute approximate surface area is 89.7 Å². The van der Waals surface area contributed by atoms with Crippen LogP contribution in [0.1, 0.15) is 19.4 Å². The van der Waals surface area contributed by atoms with Gasteiger partial charge in [-0.05, 0) is 31.5 Å². The van der Waals surface area contributed by atoms with E-state index in [1.165, 1.54) is 6.21 Å². The Bertz CT molecular complexity index is 369. The summed E-state index contributed by atoms with van der Waals surface area (Å²) in [5.74, 6) is 0.463. The summed E-state index contributed by atoms with van der Waals surface area (Å²) in [7, 11) is 0. The Morgan fingerprint density at radius 2 is 2.33 bits per heavy atom. The van der Waals surface area contributed by atoms with Gasteiger partial charge in [0.25, 0.3) is 0 Å². The third-order valence-electron chi connectivity index (χ3n) is 1.84. The molecule has 4 heteroatoms. The van der Waals surface area contributed by atoms with E-state index in [0.29, 0.717) is 11.9 Å². The second-order valence-corrected chi connectivity index (χ2v) is 3.53. The predicted molar refractivity (Wildman–Crippen MR) is 63.7 cm³/mol. The van der Waals surface area contributed by atoms with Crippen LogP contribution in [0.3, 0.4) is 0 Å². The van der Waals surface area contributed by atoms with Crippen molar-refractivity contribution in [1.29, 1.82) is 5.41 Å². The number of anilines is 1. The zero-order valence-corrected chi connectivity index (χ0v) is 8.99. The summed E-state index contributed by atoms with van der Waals surface area (Å²) in [6.07, 6.45) is 4.74. The summed E-state index contributed by atoms with van der Waals surface area (Å²) in [6.45, 7) is 4.08. The van der Waals surface area contributed by atoms with Crippen LogP contribution in [-0.2, 0) is 0 Å². The second-order valence-electron chi connectivity index (χ2n) is 3.53. The van der Waals surface area contributed by atoms with Gasteiger partial charge in [0.15, 0.2) is 0 Å². The molecule has 0 aliphatic heterocycles. The minimum absolute atomic E-state index is 0.346. The molecule has 1 aromatic heterocycles. The monoisotopic (exact) mass is 204 g/mol. The van der Waals surface area contributed by atoms with E-state index < -0.39 is 0 Å². The van der Waals surface area contributed by atoms with Crippen LogP contribution in [-0.4, -0.2) is 17.2 Å².